The lowest BCUT2D eigenvalue weighted by Crippen LogP contribution is -2.44. The molecule has 3 fully saturated rings. The third-order valence-electron chi connectivity index (χ3n) is 8.04. The quantitative estimate of drug-likeness (QED) is 0.490. The fourth-order valence-corrected chi connectivity index (χ4v) is 8.16. The maximum Gasteiger partial charge on any atom is 0.309 e. The van der Waals surface area contributed by atoms with E-state index in [0.717, 1.165) is 36.9 Å². The highest BCUT2D eigenvalue weighted by atomic mass is 32.3. The van der Waals surface area contributed by atoms with Gasteiger partial charge in [0.2, 0.25) is 0 Å². The van der Waals surface area contributed by atoms with E-state index in [9.17, 15) is 13.9 Å². The molecule has 3 atom stereocenters. The lowest BCUT2D eigenvalue weighted by atomic mass is 9.85. The molecule has 3 saturated heterocycles. The molecule has 6 nitrogen and oxygen atoms in total. The second-order valence-corrected chi connectivity index (χ2v) is 12.6. The second kappa shape index (κ2) is 9.39. The van der Waals surface area contributed by atoms with Gasteiger partial charge in [-0.25, -0.2) is 4.39 Å². The number of ether oxygens (including phenoxy) is 1. The van der Waals surface area contributed by atoms with Gasteiger partial charge in [-0.05, 0) is 37.5 Å². The van der Waals surface area contributed by atoms with Gasteiger partial charge in [0.1, 0.15) is 11.4 Å². The molecule has 2 aromatic rings. The molecule has 1 spiro atoms. The van der Waals surface area contributed by atoms with Crippen LogP contribution in [-0.4, -0.2) is 44.1 Å². The van der Waals surface area contributed by atoms with Crippen LogP contribution in [0.1, 0.15) is 62.3 Å². The number of carbonyl (C=O) groups excluding carboxylic acids is 1. The highest BCUT2D eigenvalue weighted by Gasteiger charge is 2.46. The molecule has 3 heterocycles. The summed E-state index contributed by atoms with van der Waals surface area (Å²) < 4.78 is 45.2. The van der Waals surface area contributed by atoms with Crippen LogP contribution in [0.5, 0.6) is 0 Å². The van der Waals surface area contributed by atoms with Crippen LogP contribution in [0.3, 0.4) is 0 Å². The maximum absolute atomic E-state index is 15.3. The van der Waals surface area contributed by atoms with Crippen molar-refractivity contribution in [1.29, 1.82) is 0 Å². The molecule has 0 bridgehead atoms. The first-order valence-electron chi connectivity index (χ1n) is 12.5. The average Bonchev–Trinajstić information content (AvgIpc) is 3.10. The molecule has 190 valence electrons. The van der Waals surface area contributed by atoms with E-state index in [0.29, 0.717) is 25.1 Å². The summed E-state index contributed by atoms with van der Waals surface area (Å²) in [5.74, 6) is -0.501. The molecule has 8 heteroatoms. The number of halogens is 1. The van der Waals surface area contributed by atoms with E-state index in [1.165, 1.54) is 0 Å². The van der Waals surface area contributed by atoms with Crippen LogP contribution < -0.4 is 4.90 Å². The van der Waals surface area contributed by atoms with Crippen LogP contribution in [0.2, 0.25) is 0 Å². The Morgan fingerprint density at radius 2 is 1.80 bits per heavy atom. The minimum atomic E-state index is -3.12. The molecule has 35 heavy (non-hydrogen) atoms. The van der Waals surface area contributed by atoms with E-state index in [2.05, 4.69) is 4.90 Å². The molecule has 3 aliphatic heterocycles. The molecular weight excluding hydrogens is 467 g/mol. The van der Waals surface area contributed by atoms with Crippen LogP contribution in [0.4, 0.5) is 10.1 Å². The Morgan fingerprint density at radius 3 is 2.43 bits per heavy atom. The number of nitrogens with zero attached hydrogens (tertiary/aromatic N) is 2. The molecule has 5 rings (SSSR count). The van der Waals surface area contributed by atoms with Crippen molar-refractivity contribution in [2.75, 3.05) is 18.0 Å². The number of piperidine rings is 1. The van der Waals surface area contributed by atoms with E-state index >= 15 is 4.39 Å². The highest BCUT2D eigenvalue weighted by Crippen LogP contribution is 2.63. The summed E-state index contributed by atoms with van der Waals surface area (Å²) in [5, 5.41) is -0.379. The number of hydrogen-bond donors (Lipinski definition) is 2. The van der Waals surface area contributed by atoms with E-state index in [4.69, 9.17) is 4.74 Å². The molecule has 2 N–H and O–H groups in total. The molecule has 0 aromatic heterocycles. The summed E-state index contributed by atoms with van der Waals surface area (Å²) >= 11 is 0. The van der Waals surface area contributed by atoms with Crippen LogP contribution in [0.15, 0.2) is 48.5 Å². The highest BCUT2D eigenvalue weighted by molar-refractivity contribution is 8.22. The SMILES string of the molecule is CC1CC2(CCN(c3ccc(CN4[C@@H](C)CC[C@H](c5ccccc5)S4(O)O)c(F)c3)CC2)OC1=O. The van der Waals surface area contributed by atoms with Crippen molar-refractivity contribution in [2.24, 2.45) is 5.92 Å². The molecule has 2 aromatic carbocycles. The third-order valence-corrected chi connectivity index (χ3v) is 10.5. The summed E-state index contributed by atoms with van der Waals surface area (Å²) in [6.45, 7) is 5.46. The third kappa shape index (κ3) is 4.69. The Balaban J connectivity index is 1.29. The molecule has 0 saturated carbocycles. The number of benzene rings is 2. The predicted molar refractivity (Wildman–Crippen MR) is 137 cm³/mol. The number of carbonyl (C=O) groups is 1. The van der Waals surface area contributed by atoms with Crippen molar-refractivity contribution in [2.45, 2.75) is 69.4 Å². The average molecular weight is 503 g/mol. The Bertz CT molecular complexity index is 1070. The first-order valence-corrected chi connectivity index (χ1v) is 14.1. The zero-order valence-electron chi connectivity index (χ0n) is 20.4. The van der Waals surface area contributed by atoms with Crippen molar-refractivity contribution in [3.63, 3.8) is 0 Å². The number of esters is 1. The first-order chi connectivity index (χ1) is 16.7. The van der Waals surface area contributed by atoms with Gasteiger partial charge in [0, 0.05) is 56.2 Å². The summed E-state index contributed by atoms with van der Waals surface area (Å²) in [5.41, 5.74) is 1.81. The topological polar surface area (TPSA) is 73.2 Å². The Labute approximate surface area is 208 Å². The van der Waals surface area contributed by atoms with Crippen molar-refractivity contribution in [3.05, 3.63) is 65.5 Å². The normalized spacial score (nSPS) is 29.2. The van der Waals surface area contributed by atoms with Gasteiger partial charge < -0.3 is 9.64 Å². The Hall–Kier alpha value is -2.13. The molecular formula is C27H35FN2O4S. The summed E-state index contributed by atoms with van der Waals surface area (Å²) in [4.78, 5) is 14.0. The van der Waals surface area contributed by atoms with Gasteiger partial charge >= 0.3 is 5.97 Å². The smallest absolute Gasteiger partial charge is 0.309 e. The number of rotatable bonds is 4. The number of hydrogen-bond acceptors (Lipinski definition) is 6. The minimum absolute atomic E-state index is 0.0516. The fraction of sp³-hybridized carbons (Fsp3) is 0.519. The van der Waals surface area contributed by atoms with Crippen molar-refractivity contribution in [3.8, 4) is 0 Å². The Kier molecular flexibility index (Phi) is 6.59. The number of anilines is 1. The van der Waals surface area contributed by atoms with E-state index in [1.54, 1.807) is 16.4 Å². The van der Waals surface area contributed by atoms with Crippen LogP contribution in [-0.2, 0) is 16.1 Å². The van der Waals surface area contributed by atoms with Crippen LogP contribution in [0.25, 0.3) is 0 Å². The van der Waals surface area contributed by atoms with Gasteiger partial charge in [-0.1, -0.05) is 43.3 Å². The summed E-state index contributed by atoms with van der Waals surface area (Å²) in [6.07, 6.45) is 3.76. The maximum atomic E-state index is 15.3. The summed E-state index contributed by atoms with van der Waals surface area (Å²) in [7, 11) is -3.12. The summed E-state index contributed by atoms with van der Waals surface area (Å²) in [6, 6.07) is 14.8. The molecule has 1 unspecified atom stereocenters. The van der Waals surface area contributed by atoms with Crippen molar-refractivity contribution >= 4 is 22.4 Å². The molecule has 3 aliphatic rings. The monoisotopic (exact) mass is 502 g/mol. The van der Waals surface area contributed by atoms with Gasteiger partial charge in [0.15, 0.2) is 0 Å². The van der Waals surface area contributed by atoms with Gasteiger partial charge in [0.05, 0.1) is 11.2 Å². The molecule has 0 aliphatic carbocycles. The lowest BCUT2D eigenvalue weighted by Gasteiger charge is -2.54. The van der Waals surface area contributed by atoms with Crippen molar-refractivity contribution < 1.29 is 23.0 Å². The fourth-order valence-electron chi connectivity index (χ4n) is 5.90. The van der Waals surface area contributed by atoms with Gasteiger partial charge in [-0.15, -0.1) is 10.8 Å². The van der Waals surface area contributed by atoms with E-state index in [1.807, 2.05) is 50.2 Å². The van der Waals surface area contributed by atoms with E-state index in [-0.39, 0.29) is 41.1 Å². The molecule has 0 radical (unpaired) electrons. The predicted octanol–water partition coefficient (Wildman–Crippen LogP) is 6.14. The van der Waals surface area contributed by atoms with Crippen LogP contribution in [0, 0.1) is 11.7 Å². The van der Waals surface area contributed by atoms with E-state index < -0.39 is 10.8 Å². The first kappa shape index (κ1) is 24.6. The zero-order chi connectivity index (χ0) is 24.8. The second-order valence-electron chi connectivity index (χ2n) is 10.4. The Morgan fingerprint density at radius 1 is 1.09 bits per heavy atom. The zero-order valence-corrected chi connectivity index (χ0v) is 21.2. The van der Waals surface area contributed by atoms with Crippen LogP contribution >= 0.6 is 10.8 Å². The van der Waals surface area contributed by atoms with Gasteiger partial charge in [-0.3, -0.25) is 13.9 Å². The van der Waals surface area contributed by atoms with Gasteiger partial charge in [-0.2, -0.15) is 4.31 Å². The lowest BCUT2D eigenvalue weighted by molar-refractivity contribution is -0.151. The molecule has 0 amide bonds. The van der Waals surface area contributed by atoms with Gasteiger partial charge in [0.25, 0.3) is 0 Å². The van der Waals surface area contributed by atoms with Crippen molar-refractivity contribution in [1.82, 2.24) is 4.31 Å². The standard InChI is InChI=1S/C27H35FN2O4S/c1-19-17-27(34-26(19)31)12-14-29(15-13-27)23-10-9-22(24(28)16-23)18-30-20(2)8-11-25(35(30,32)33)21-6-4-3-5-7-21/h3-7,9-10,16,19-20,25,32-33H,8,11-15,17-18H2,1-2H3/t19?,20-,25+/m0/s1. The minimum Gasteiger partial charge on any atom is -0.459 e. The largest absolute Gasteiger partial charge is 0.459 e.